The van der Waals surface area contributed by atoms with Gasteiger partial charge in [-0.1, -0.05) is 23.7 Å². The van der Waals surface area contributed by atoms with E-state index in [1.165, 1.54) is 18.2 Å². The predicted octanol–water partition coefficient (Wildman–Crippen LogP) is 7.26. The molecule has 0 saturated carbocycles. The molecule has 7 nitrogen and oxygen atoms in total. The number of nitriles is 1. The molecule has 1 atom stereocenters. The van der Waals surface area contributed by atoms with Gasteiger partial charge in [-0.3, -0.25) is 4.79 Å². The van der Waals surface area contributed by atoms with Gasteiger partial charge in [-0.05, 0) is 77.4 Å². The molecule has 2 aromatic heterocycles. The van der Waals surface area contributed by atoms with Gasteiger partial charge in [0.15, 0.2) is 16.9 Å². The molecule has 0 aliphatic carbocycles. The summed E-state index contributed by atoms with van der Waals surface area (Å²) in [6.45, 7) is 10.5. The minimum atomic E-state index is -0.764. The maximum Gasteiger partial charge on any atom is 0.359 e. The minimum Gasteiger partial charge on any atom is -0.455 e. The number of nitrogens with zero attached hydrogens (tertiary/aromatic N) is 2. The van der Waals surface area contributed by atoms with Crippen LogP contribution in [0.2, 0.25) is 5.15 Å². The number of carbonyl (C=O) groups excluding carboxylic acids is 1. The molecule has 2 heterocycles. The Hall–Kier alpha value is -4.22. The summed E-state index contributed by atoms with van der Waals surface area (Å²) in [6, 6.07) is 12.4. The Morgan fingerprint density at radius 3 is 2.59 bits per heavy atom. The van der Waals surface area contributed by atoms with Gasteiger partial charge in [-0.2, -0.15) is 5.26 Å². The number of aromatic nitrogens is 1. The van der Waals surface area contributed by atoms with E-state index in [-0.39, 0.29) is 44.3 Å². The van der Waals surface area contributed by atoms with E-state index in [9.17, 15) is 14.9 Å². The van der Waals surface area contributed by atoms with Gasteiger partial charge in [0.05, 0.1) is 28.2 Å². The molecule has 200 valence electrons. The number of nitrogens with one attached hydrogen (secondary N) is 1. The van der Waals surface area contributed by atoms with Gasteiger partial charge >= 0.3 is 5.97 Å². The zero-order valence-corrected chi connectivity index (χ0v) is 23.2. The van der Waals surface area contributed by atoms with Gasteiger partial charge in [-0.25, -0.2) is 14.2 Å². The Bertz CT molecular complexity index is 1720. The maximum atomic E-state index is 15.1. The van der Waals surface area contributed by atoms with Gasteiger partial charge in [0.2, 0.25) is 0 Å². The normalized spacial score (nSPS) is 12.2. The number of hydrogen-bond donors (Lipinski definition) is 1. The zero-order chi connectivity index (χ0) is 28.6. The lowest BCUT2D eigenvalue weighted by Gasteiger charge is -2.22. The third kappa shape index (κ3) is 5.64. The SMILES string of the molecule is Cc1cc([C@@H](C)Nc2ccc(Cl)nc2C(=O)OC(C)(C)C)c2oc(-c3cccc(C#N)c3F)c(C)c(=O)c2c1. The second-order valence-corrected chi connectivity index (χ2v) is 10.7. The van der Waals surface area contributed by atoms with Crippen LogP contribution in [0.5, 0.6) is 0 Å². The molecule has 9 heteroatoms. The summed E-state index contributed by atoms with van der Waals surface area (Å²) in [7, 11) is 0. The molecular weight excluding hydrogens is 521 g/mol. The maximum absolute atomic E-state index is 15.1. The van der Waals surface area contributed by atoms with E-state index >= 15 is 4.39 Å². The van der Waals surface area contributed by atoms with Crippen LogP contribution in [0.25, 0.3) is 22.3 Å². The molecular formula is C30H27ClFN3O4. The van der Waals surface area contributed by atoms with Crippen molar-refractivity contribution in [1.29, 1.82) is 5.26 Å². The number of pyridine rings is 1. The Balaban J connectivity index is 1.87. The summed E-state index contributed by atoms with van der Waals surface area (Å²) in [5, 5.41) is 13.0. The third-order valence-electron chi connectivity index (χ3n) is 6.05. The van der Waals surface area contributed by atoms with Crippen molar-refractivity contribution >= 4 is 34.2 Å². The first-order chi connectivity index (χ1) is 18.3. The van der Waals surface area contributed by atoms with Crippen molar-refractivity contribution in [3.63, 3.8) is 0 Å². The summed E-state index contributed by atoms with van der Waals surface area (Å²) in [6.07, 6.45) is 0. The lowest BCUT2D eigenvalue weighted by molar-refractivity contribution is 0.00640. The van der Waals surface area contributed by atoms with Gasteiger partial charge < -0.3 is 14.5 Å². The molecule has 2 aromatic carbocycles. The van der Waals surface area contributed by atoms with Crippen molar-refractivity contribution in [2.75, 3.05) is 5.32 Å². The molecule has 0 bridgehead atoms. The van der Waals surface area contributed by atoms with Crippen LogP contribution >= 0.6 is 11.6 Å². The number of esters is 1. The van der Waals surface area contributed by atoms with Gasteiger partial charge in [0.25, 0.3) is 0 Å². The van der Waals surface area contributed by atoms with Gasteiger partial charge in [-0.15, -0.1) is 0 Å². The number of hydrogen-bond acceptors (Lipinski definition) is 7. The molecule has 0 amide bonds. The van der Waals surface area contributed by atoms with E-state index in [0.717, 1.165) is 5.56 Å². The Morgan fingerprint density at radius 1 is 1.21 bits per heavy atom. The van der Waals surface area contributed by atoms with Crippen LogP contribution in [-0.4, -0.2) is 16.6 Å². The number of rotatable bonds is 5. The van der Waals surface area contributed by atoms with Crippen LogP contribution in [0.4, 0.5) is 10.1 Å². The predicted molar refractivity (Wildman–Crippen MR) is 149 cm³/mol. The number of anilines is 1. The van der Waals surface area contributed by atoms with Crippen molar-refractivity contribution < 1.29 is 18.3 Å². The molecule has 1 N–H and O–H groups in total. The Labute approximate surface area is 230 Å². The molecule has 0 radical (unpaired) electrons. The fraction of sp³-hybridized carbons (Fsp3) is 0.267. The standard InChI is InChI=1S/C30H27ClFN3O4/c1-15-12-20(17(3)34-22-10-11-23(31)35-25(22)29(37)39-30(4,5)6)28-21(13-15)26(36)16(2)27(38-28)19-9-7-8-18(14-33)24(19)32/h7-13,17,34H,1-6H3/t17-/m1/s1. The van der Waals surface area contributed by atoms with E-state index in [0.29, 0.717) is 16.6 Å². The van der Waals surface area contributed by atoms with Crippen molar-refractivity contribution in [3.05, 3.63) is 91.6 Å². The van der Waals surface area contributed by atoms with E-state index in [4.69, 9.17) is 20.8 Å². The van der Waals surface area contributed by atoms with E-state index in [1.54, 1.807) is 45.9 Å². The second-order valence-electron chi connectivity index (χ2n) is 10.3. The first-order valence-electron chi connectivity index (χ1n) is 12.2. The molecule has 0 aliphatic heterocycles. The van der Waals surface area contributed by atoms with Crippen LogP contribution < -0.4 is 10.7 Å². The largest absolute Gasteiger partial charge is 0.455 e. The van der Waals surface area contributed by atoms with Crippen LogP contribution in [0.15, 0.2) is 51.7 Å². The fourth-order valence-electron chi connectivity index (χ4n) is 4.28. The highest BCUT2D eigenvalue weighted by molar-refractivity contribution is 6.29. The second kappa shape index (κ2) is 10.5. The average molecular weight is 548 g/mol. The minimum absolute atomic E-state index is 0.00890. The topological polar surface area (TPSA) is 105 Å². The van der Waals surface area contributed by atoms with Crippen molar-refractivity contribution in [2.45, 2.75) is 53.2 Å². The zero-order valence-electron chi connectivity index (χ0n) is 22.4. The summed E-state index contributed by atoms with van der Waals surface area (Å²) < 4.78 is 26.8. The van der Waals surface area contributed by atoms with Crippen molar-refractivity contribution in [2.24, 2.45) is 0 Å². The average Bonchev–Trinajstić information content (AvgIpc) is 2.86. The molecule has 0 unspecified atom stereocenters. The molecule has 4 aromatic rings. The van der Waals surface area contributed by atoms with Crippen molar-refractivity contribution in [1.82, 2.24) is 4.98 Å². The third-order valence-corrected chi connectivity index (χ3v) is 6.26. The number of fused-ring (bicyclic) bond motifs is 1. The number of benzene rings is 2. The molecule has 0 aliphatic rings. The summed E-state index contributed by atoms with van der Waals surface area (Å²) in [4.78, 5) is 30.5. The quantitative estimate of drug-likeness (QED) is 0.207. The number of aryl methyl sites for hydroxylation is 1. The van der Waals surface area contributed by atoms with E-state index in [2.05, 4.69) is 10.3 Å². The molecule has 39 heavy (non-hydrogen) atoms. The van der Waals surface area contributed by atoms with Crippen LogP contribution in [-0.2, 0) is 4.74 Å². The molecule has 0 spiro atoms. The van der Waals surface area contributed by atoms with Crippen LogP contribution in [0.1, 0.15) is 66.5 Å². The first kappa shape index (κ1) is 27.8. The smallest absolute Gasteiger partial charge is 0.359 e. The highest BCUT2D eigenvalue weighted by Gasteiger charge is 2.25. The highest BCUT2D eigenvalue weighted by atomic mass is 35.5. The van der Waals surface area contributed by atoms with Crippen LogP contribution in [0, 0.1) is 31.0 Å². The number of halogens is 2. The first-order valence-corrected chi connectivity index (χ1v) is 12.6. The van der Waals surface area contributed by atoms with Crippen molar-refractivity contribution in [3.8, 4) is 17.4 Å². The molecule has 0 fully saturated rings. The molecule has 4 rings (SSSR count). The Kier molecular flexibility index (Phi) is 7.49. The van der Waals surface area contributed by atoms with E-state index < -0.39 is 23.4 Å². The fourth-order valence-corrected chi connectivity index (χ4v) is 4.43. The number of carbonyl (C=O) groups is 1. The lowest BCUT2D eigenvalue weighted by atomic mass is 9.98. The molecule has 0 saturated heterocycles. The monoisotopic (exact) mass is 547 g/mol. The Morgan fingerprint density at radius 2 is 1.92 bits per heavy atom. The number of ether oxygens (including phenoxy) is 1. The van der Waals surface area contributed by atoms with Gasteiger partial charge in [0, 0.05) is 11.1 Å². The highest BCUT2D eigenvalue weighted by Crippen LogP contribution is 2.34. The lowest BCUT2D eigenvalue weighted by Crippen LogP contribution is -2.25. The summed E-state index contributed by atoms with van der Waals surface area (Å²) >= 11 is 6.08. The van der Waals surface area contributed by atoms with Crippen LogP contribution in [0.3, 0.4) is 0 Å². The summed E-state index contributed by atoms with van der Waals surface area (Å²) in [5.41, 5.74) is 1.09. The summed E-state index contributed by atoms with van der Waals surface area (Å²) in [5.74, 6) is -1.37. The van der Waals surface area contributed by atoms with Gasteiger partial charge in [0.1, 0.15) is 28.2 Å². The van der Waals surface area contributed by atoms with E-state index in [1.807, 2.05) is 26.0 Å².